The third-order valence-corrected chi connectivity index (χ3v) is 8.63. The third kappa shape index (κ3) is 15.3. The lowest BCUT2D eigenvalue weighted by Crippen LogP contribution is -2.13. The number of nitrogens with zero attached hydrogens (tertiary/aromatic N) is 3. The number of hydrogen-bond acceptors (Lipinski definition) is 9. The second-order valence-electron chi connectivity index (χ2n) is 10.5. The Morgan fingerprint density at radius 3 is 2.05 bits per heavy atom. The molecule has 41 heavy (non-hydrogen) atoms. The minimum Gasteiger partial charge on any atom is -0.381 e. The summed E-state index contributed by atoms with van der Waals surface area (Å²) in [6, 6.07) is 0. The summed E-state index contributed by atoms with van der Waals surface area (Å²) in [6.45, 7) is 6.45. The number of nitrogens with one attached hydrogen (secondary N) is 1. The molecule has 2 rings (SSSR count). The molecule has 2 heterocycles. The molecule has 0 amide bonds. The highest BCUT2D eigenvalue weighted by Crippen LogP contribution is 2.48. The molecule has 0 aliphatic heterocycles. The summed E-state index contributed by atoms with van der Waals surface area (Å²) in [4.78, 5) is 22.5. The first-order valence-corrected chi connectivity index (χ1v) is 17.5. The molecule has 0 fully saturated rings. The van der Waals surface area contributed by atoms with E-state index < -0.39 is 13.2 Å². The molecule has 2 aromatic heterocycles. The molecule has 1 unspecified atom stereocenters. The van der Waals surface area contributed by atoms with Gasteiger partial charge in [-0.25, -0.2) is 4.98 Å². The number of hydrogen-bond donors (Lipinski definition) is 2. The molecule has 11 nitrogen and oxygen atoms in total. The minimum atomic E-state index is -3.38. The highest BCUT2D eigenvalue weighted by molar-refractivity contribution is 7.53. The Hall–Kier alpha value is -1.78. The predicted octanol–water partition coefficient (Wildman–Crippen LogP) is 6.81. The molecule has 0 radical (unpaired) electrons. The van der Waals surface area contributed by atoms with Crippen LogP contribution < -0.4 is 11.3 Å². The van der Waals surface area contributed by atoms with Gasteiger partial charge in [-0.15, -0.1) is 0 Å². The average molecular weight is 600 g/mol. The van der Waals surface area contributed by atoms with Gasteiger partial charge in [0, 0.05) is 19.8 Å². The molecule has 0 aliphatic rings. The fraction of sp³-hybridized carbons (Fsp3) is 0.828. The lowest BCUT2D eigenvalue weighted by atomic mass is 10.0. The molecule has 0 saturated carbocycles. The molecule has 236 valence electrons. The first kappa shape index (κ1) is 35.4. The summed E-state index contributed by atoms with van der Waals surface area (Å²) in [6.07, 6.45) is 20.7. The predicted molar refractivity (Wildman–Crippen MR) is 164 cm³/mol. The summed E-state index contributed by atoms with van der Waals surface area (Å²) in [5, 5.41) is 0. The van der Waals surface area contributed by atoms with Crippen molar-refractivity contribution < 1.29 is 23.1 Å². The van der Waals surface area contributed by atoms with E-state index >= 15 is 0 Å². The molecule has 0 aliphatic carbocycles. The van der Waals surface area contributed by atoms with Gasteiger partial charge in [0.25, 0.3) is 5.56 Å². The van der Waals surface area contributed by atoms with E-state index in [1.54, 1.807) is 11.5 Å². The summed E-state index contributed by atoms with van der Waals surface area (Å²) >= 11 is 0. The number of H-pyrrole nitrogens is 1. The van der Waals surface area contributed by atoms with Crippen molar-refractivity contribution in [3.05, 3.63) is 16.7 Å². The Bertz CT molecular complexity index is 1050. The Balaban J connectivity index is 1.44. The summed E-state index contributed by atoms with van der Waals surface area (Å²) in [5.41, 5.74) is 5.80. The topological polar surface area (TPSA) is 144 Å². The third-order valence-electron chi connectivity index (χ3n) is 6.91. The quantitative estimate of drug-likeness (QED) is 0.0836. The van der Waals surface area contributed by atoms with Crippen molar-refractivity contribution >= 4 is 24.7 Å². The van der Waals surface area contributed by atoms with E-state index in [-0.39, 0.29) is 37.6 Å². The first-order valence-electron chi connectivity index (χ1n) is 15.7. The normalized spacial score (nSPS) is 13.2. The van der Waals surface area contributed by atoms with Crippen LogP contribution in [0.5, 0.6) is 0 Å². The molecular formula is C29H54N5O6P. The number of unbranched alkanes of at least 4 members (excludes halogenated alkanes) is 13. The van der Waals surface area contributed by atoms with Gasteiger partial charge in [0.15, 0.2) is 11.2 Å². The maximum Gasteiger partial charge on any atom is 0.356 e. The molecule has 0 aromatic carbocycles. The average Bonchev–Trinajstić information content (AvgIpc) is 3.35. The highest BCUT2D eigenvalue weighted by Gasteiger charge is 2.24. The molecule has 0 spiro atoms. The van der Waals surface area contributed by atoms with Crippen LogP contribution in [0.4, 0.5) is 5.95 Å². The van der Waals surface area contributed by atoms with Gasteiger partial charge in [-0.1, -0.05) is 90.4 Å². The zero-order valence-electron chi connectivity index (χ0n) is 25.4. The smallest absolute Gasteiger partial charge is 0.356 e. The second-order valence-corrected chi connectivity index (χ2v) is 12.5. The van der Waals surface area contributed by atoms with E-state index in [2.05, 4.69) is 21.9 Å². The molecule has 3 N–H and O–H groups in total. The summed E-state index contributed by atoms with van der Waals surface area (Å²) in [7, 11) is -3.38. The van der Waals surface area contributed by atoms with Gasteiger partial charge in [0.05, 0.1) is 26.1 Å². The number of aromatic nitrogens is 4. The van der Waals surface area contributed by atoms with Crippen LogP contribution >= 0.6 is 7.60 Å². The number of anilines is 1. The lowest BCUT2D eigenvalue weighted by molar-refractivity contribution is 0.100. The number of nitrogen functional groups attached to an aromatic ring is 1. The van der Waals surface area contributed by atoms with Crippen molar-refractivity contribution in [2.75, 3.05) is 45.1 Å². The van der Waals surface area contributed by atoms with E-state index in [0.29, 0.717) is 25.2 Å². The molecule has 2 aromatic rings. The van der Waals surface area contributed by atoms with E-state index in [4.69, 9.17) is 24.3 Å². The standard InChI is InChI=1S/C29H54N5O6P/c1-3-5-6-7-8-9-10-11-12-13-14-15-16-17-20-37-21-18-22-40-41(36,39-4-2)25-38-23-19-34-24-31-26-27(34)32-29(30)33-28(26)35/h24H,3-23,25H2,1-2H3,(H3,30,32,33,35). The number of aromatic amines is 1. The lowest BCUT2D eigenvalue weighted by Gasteiger charge is -2.18. The Morgan fingerprint density at radius 1 is 0.805 bits per heavy atom. The van der Waals surface area contributed by atoms with Crippen molar-refractivity contribution in [3.8, 4) is 0 Å². The monoisotopic (exact) mass is 599 g/mol. The first-order chi connectivity index (χ1) is 20.0. The van der Waals surface area contributed by atoms with Gasteiger partial charge in [0.2, 0.25) is 5.95 Å². The van der Waals surface area contributed by atoms with Gasteiger partial charge >= 0.3 is 7.60 Å². The summed E-state index contributed by atoms with van der Waals surface area (Å²) < 4.78 is 36.9. The van der Waals surface area contributed by atoms with E-state index in [9.17, 15) is 9.36 Å². The van der Waals surface area contributed by atoms with Crippen LogP contribution in [-0.2, 0) is 29.6 Å². The van der Waals surface area contributed by atoms with Crippen LogP contribution in [0.3, 0.4) is 0 Å². The number of rotatable bonds is 27. The Labute approximate surface area is 245 Å². The molecule has 0 bridgehead atoms. The zero-order chi connectivity index (χ0) is 29.6. The molecule has 12 heteroatoms. The van der Waals surface area contributed by atoms with E-state index in [1.165, 1.54) is 89.8 Å². The van der Waals surface area contributed by atoms with Gasteiger partial charge in [-0.05, 0) is 19.8 Å². The van der Waals surface area contributed by atoms with Crippen LogP contribution in [0.25, 0.3) is 11.2 Å². The van der Waals surface area contributed by atoms with Crippen molar-refractivity contribution in [2.45, 2.75) is 117 Å². The number of fused-ring (bicyclic) bond motifs is 1. The van der Waals surface area contributed by atoms with Crippen molar-refractivity contribution in [1.82, 2.24) is 19.5 Å². The van der Waals surface area contributed by atoms with Crippen molar-refractivity contribution in [2.24, 2.45) is 0 Å². The highest BCUT2D eigenvalue weighted by atomic mass is 31.2. The van der Waals surface area contributed by atoms with E-state index in [1.807, 2.05) is 0 Å². The van der Waals surface area contributed by atoms with Crippen LogP contribution in [0, 0.1) is 0 Å². The molecule has 0 saturated heterocycles. The molecular weight excluding hydrogens is 545 g/mol. The van der Waals surface area contributed by atoms with Gasteiger partial charge in [-0.2, -0.15) is 4.98 Å². The van der Waals surface area contributed by atoms with Gasteiger partial charge in [-0.3, -0.25) is 14.3 Å². The maximum absolute atomic E-state index is 13.0. The SMILES string of the molecule is CCCCCCCCCCCCCCCCOCCCOP(=O)(COCCn1cnc2c(=O)[nH]c(N)nc21)OCC. The van der Waals surface area contributed by atoms with E-state index in [0.717, 1.165) is 13.0 Å². The summed E-state index contributed by atoms with van der Waals surface area (Å²) in [5.74, 6) is 0.0166. The maximum atomic E-state index is 13.0. The largest absolute Gasteiger partial charge is 0.381 e. The van der Waals surface area contributed by atoms with Crippen LogP contribution in [0.1, 0.15) is 110 Å². The Kier molecular flexibility index (Phi) is 18.9. The number of ether oxygens (including phenoxy) is 2. The van der Waals surface area contributed by atoms with Crippen LogP contribution in [0.15, 0.2) is 11.1 Å². The van der Waals surface area contributed by atoms with Gasteiger partial charge in [0.1, 0.15) is 6.35 Å². The number of nitrogens with two attached hydrogens (primary N) is 1. The second kappa shape index (κ2) is 21.9. The fourth-order valence-electron chi connectivity index (χ4n) is 4.65. The fourth-order valence-corrected chi connectivity index (χ4v) is 6.02. The molecule has 1 atom stereocenters. The van der Waals surface area contributed by atoms with Crippen molar-refractivity contribution in [1.29, 1.82) is 0 Å². The van der Waals surface area contributed by atoms with Crippen molar-refractivity contribution in [3.63, 3.8) is 0 Å². The van der Waals surface area contributed by atoms with Crippen LogP contribution in [-0.4, -0.2) is 58.9 Å². The minimum absolute atomic E-state index is 0.0166. The number of imidazole rings is 1. The van der Waals surface area contributed by atoms with Gasteiger partial charge < -0.3 is 28.8 Å². The zero-order valence-corrected chi connectivity index (χ0v) is 26.3. The Morgan fingerprint density at radius 2 is 1.41 bits per heavy atom. The van der Waals surface area contributed by atoms with Crippen LogP contribution in [0.2, 0.25) is 0 Å².